The van der Waals surface area contributed by atoms with Gasteiger partial charge in [0.05, 0.1) is 52.6 Å². The number of Topliss-reactive ketones (excluding diaryl/α,β-unsaturated/α-hetero) is 1. The van der Waals surface area contributed by atoms with Crippen molar-refractivity contribution >= 4 is 46.9 Å². The van der Waals surface area contributed by atoms with E-state index in [0.29, 0.717) is 45.1 Å². The number of aliphatic hydroxyl groups is 2. The standard InChI is InChI=1S/C39H57N3O8S/c1-22-9-8-10-23(2)36(50-38(49)28-13-11-27(12-14-28)20-42-34(46)15-16-35(42)47)25(4)37(48)39(6,7)32(44)19-33(45)41-30(18-31(22)43)24(3)17-29-21-51-26(5)40-29/h15-17,21-23,25,27-28,30-32,36,43-44H,8-14,18-20H2,1-7H3,(H,41,45). The molecule has 1 aliphatic carbocycles. The zero-order chi connectivity index (χ0) is 37.6. The quantitative estimate of drug-likeness (QED) is 0.265. The van der Waals surface area contributed by atoms with Crippen LogP contribution in [0.4, 0.5) is 0 Å². The number of rotatable bonds is 6. The van der Waals surface area contributed by atoms with Gasteiger partial charge >= 0.3 is 5.97 Å². The summed E-state index contributed by atoms with van der Waals surface area (Å²) in [5, 5.41) is 28.5. The van der Waals surface area contributed by atoms with E-state index in [4.69, 9.17) is 4.74 Å². The molecule has 2 fully saturated rings. The van der Waals surface area contributed by atoms with Gasteiger partial charge in [-0.2, -0.15) is 0 Å². The number of aromatic nitrogens is 1. The molecule has 4 rings (SSSR count). The molecule has 3 heterocycles. The molecule has 51 heavy (non-hydrogen) atoms. The van der Waals surface area contributed by atoms with Crippen molar-refractivity contribution in [2.24, 2.45) is 35.0 Å². The maximum atomic E-state index is 14.1. The first kappa shape index (κ1) is 40.5. The Morgan fingerprint density at radius 1 is 1.02 bits per heavy atom. The van der Waals surface area contributed by atoms with E-state index in [1.807, 2.05) is 39.2 Å². The maximum absolute atomic E-state index is 14.1. The molecular formula is C39H57N3O8S. The SMILES string of the molecule is CC(=Cc1csc(C)n1)C1CC(O)C(C)CCCC(C)C(OC(=O)C2CCC(CN3C(=O)C=CC3=O)CC2)C(C)C(=O)C(C)(C)C(O)CC(=O)N1. The molecule has 0 spiro atoms. The summed E-state index contributed by atoms with van der Waals surface area (Å²) in [4.78, 5) is 71.0. The monoisotopic (exact) mass is 727 g/mol. The summed E-state index contributed by atoms with van der Waals surface area (Å²) in [5.41, 5.74) is 0.296. The molecule has 1 saturated heterocycles. The molecule has 7 unspecified atom stereocenters. The summed E-state index contributed by atoms with van der Waals surface area (Å²) in [6.07, 6.45) is 6.25. The van der Waals surface area contributed by atoms with E-state index in [1.165, 1.54) is 28.4 Å². The average Bonchev–Trinajstić information content (AvgIpc) is 3.64. The van der Waals surface area contributed by atoms with Gasteiger partial charge in [-0.1, -0.05) is 41.0 Å². The molecule has 12 heteroatoms. The van der Waals surface area contributed by atoms with Gasteiger partial charge in [0, 0.05) is 24.1 Å². The Kier molecular flexibility index (Phi) is 13.9. The van der Waals surface area contributed by atoms with Gasteiger partial charge < -0.3 is 20.3 Å². The van der Waals surface area contributed by atoms with Crippen molar-refractivity contribution in [3.63, 3.8) is 0 Å². The third-order valence-electron chi connectivity index (χ3n) is 11.4. The zero-order valence-corrected chi connectivity index (χ0v) is 32.0. The van der Waals surface area contributed by atoms with Crippen LogP contribution >= 0.6 is 11.3 Å². The Hall–Kier alpha value is -3.22. The third-order valence-corrected chi connectivity index (χ3v) is 12.2. The van der Waals surface area contributed by atoms with Gasteiger partial charge in [0.25, 0.3) is 11.8 Å². The number of imide groups is 1. The Labute approximate surface area is 306 Å². The van der Waals surface area contributed by atoms with Gasteiger partial charge in [0.1, 0.15) is 11.9 Å². The molecule has 1 aromatic rings. The molecule has 3 N–H and O–H groups in total. The van der Waals surface area contributed by atoms with Crippen LogP contribution < -0.4 is 5.32 Å². The van der Waals surface area contributed by atoms with Gasteiger partial charge in [-0.3, -0.25) is 28.9 Å². The summed E-state index contributed by atoms with van der Waals surface area (Å²) >= 11 is 1.53. The van der Waals surface area contributed by atoms with Crippen LogP contribution in [0.25, 0.3) is 6.08 Å². The summed E-state index contributed by atoms with van der Waals surface area (Å²) in [6, 6.07) is -0.491. The molecule has 1 aromatic heterocycles. The lowest BCUT2D eigenvalue weighted by Gasteiger charge is -2.37. The number of aryl methyl sites for hydroxylation is 1. The maximum Gasteiger partial charge on any atom is 0.309 e. The van der Waals surface area contributed by atoms with Crippen molar-refractivity contribution in [2.45, 2.75) is 131 Å². The predicted octanol–water partition coefficient (Wildman–Crippen LogP) is 5.17. The van der Waals surface area contributed by atoms with Gasteiger partial charge in [0.2, 0.25) is 5.91 Å². The van der Waals surface area contributed by atoms with Crippen LogP contribution in [-0.2, 0) is 28.7 Å². The van der Waals surface area contributed by atoms with Crippen molar-refractivity contribution in [3.8, 4) is 0 Å². The fourth-order valence-electron chi connectivity index (χ4n) is 7.71. The minimum absolute atomic E-state index is 0.0829. The number of hydrogen-bond donors (Lipinski definition) is 3. The van der Waals surface area contributed by atoms with E-state index in [9.17, 15) is 34.2 Å². The highest BCUT2D eigenvalue weighted by atomic mass is 32.1. The number of ketones is 1. The minimum atomic E-state index is -1.32. The number of ether oxygens (including phenoxy) is 1. The second kappa shape index (κ2) is 17.5. The van der Waals surface area contributed by atoms with Gasteiger partial charge in [0.15, 0.2) is 0 Å². The minimum Gasteiger partial charge on any atom is -0.461 e. The van der Waals surface area contributed by atoms with E-state index >= 15 is 0 Å². The number of carbonyl (C=O) groups excluding carboxylic acids is 5. The van der Waals surface area contributed by atoms with Crippen LogP contribution in [0.2, 0.25) is 0 Å². The Bertz CT molecular complexity index is 1470. The van der Waals surface area contributed by atoms with Crippen LogP contribution in [0.5, 0.6) is 0 Å². The smallest absolute Gasteiger partial charge is 0.309 e. The van der Waals surface area contributed by atoms with Crippen molar-refractivity contribution < 1.29 is 38.9 Å². The molecule has 2 aliphatic heterocycles. The van der Waals surface area contributed by atoms with Crippen molar-refractivity contribution in [1.82, 2.24) is 15.2 Å². The second-order valence-corrected chi connectivity index (χ2v) is 16.9. The fourth-order valence-corrected chi connectivity index (χ4v) is 8.28. The largest absolute Gasteiger partial charge is 0.461 e. The molecular weight excluding hydrogens is 671 g/mol. The third kappa shape index (κ3) is 10.4. The molecule has 7 atom stereocenters. The van der Waals surface area contributed by atoms with Crippen LogP contribution in [0.3, 0.4) is 0 Å². The van der Waals surface area contributed by atoms with E-state index in [1.54, 1.807) is 20.8 Å². The molecule has 0 aromatic carbocycles. The number of carbonyl (C=O) groups is 5. The van der Waals surface area contributed by atoms with Gasteiger partial charge in [-0.15, -0.1) is 11.3 Å². The molecule has 3 aliphatic rings. The highest BCUT2D eigenvalue weighted by Crippen LogP contribution is 2.36. The van der Waals surface area contributed by atoms with Crippen LogP contribution in [0.1, 0.15) is 110 Å². The molecule has 0 radical (unpaired) electrons. The molecule has 3 amide bonds. The number of aliphatic hydroxyl groups excluding tert-OH is 2. The summed E-state index contributed by atoms with van der Waals surface area (Å²) in [5.74, 6) is -2.95. The number of hydrogen-bond acceptors (Lipinski definition) is 10. The summed E-state index contributed by atoms with van der Waals surface area (Å²) < 4.78 is 6.21. The van der Waals surface area contributed by atoms with E-state index in [0.717, 1.165) is 22.7 Å². The zero-order valence-electron chi connectivity index (χ0n) is 31.2. The predicted molar refractivity (Wildman–Crippen MR) is 195 cm³/mol. The Morgan fingerprint density at radius 2 is 1.65 bits per heavy atom. The van der Waals surface area contributed by atoms with Crippen LogP contribution in [0, 0.1) is 41.9 Å². The molecule has 11 nitrogen and oxygen atoms in total. The van der Waals surface area contributed by atoms with Crippen LogP contribution in [0.15, 0.2) is 23.1 Å². The number of esters is 1. The number of amides is 3. The number of nitrogens with zero attached hydrogens (tertiary/aromatic N) is 2. The van der Waals surface area contributed by atoms with E-state index in [2.05, 4.69) is 10.3 Å². The lowest BCUT2D eigenvalue weighted by atomic mass is 9.72. The lowest BCUT2D eigenvalue weighted by Crippen LogP contribution is -2.48. The van der Waals surface area contributed by atoms with Gasteiger partial charge in [-0.05, 0) is 88.2 Å². The lowest BCUT2D eigenvalue weighted by molar-refractivity contribution is -0.165. The first-order valence-corrected chi connectivity index (χ1v) is 19.4. The highest BCUT2D eigenvalue weighted by molar-refractivity contribution is 7.09. The van der Waals surface area contributed by atoms with Crippen molar-refractivity contribution in [2.75, 3.05) is 6.54 Å². The van der Waals surface area contributed by atoms with Crippen molar-refractivity contribution in [1.29, 1.82) is 0 Å². The Morgan fingerprint density at radius 3 is 2.25 bits per heavy atom. The van der Waals surface area contributed by atoms with E-state index in [-0.39, 0.29) is 60.1 Å². The van der Waals surface area contributed by atoms with Crippen LogP contribution in [-0.4, -0.2) is 80.5 Å². The summed E-state index contributed by atoms with van der Waals surface area (Å²) in [7, 11) is 0. The number of thiazole rings is 1. The van der Waals surface area contributed by atoms with Crippen molar-refractivity contribution in [3.05, 3.63) is 33.8 Å². The number of nitrogens with one attached hydrogen (secondary N) is 1. The van der Waals surface area contributed by atoms with E-state index < -0.39 is 41.6 Å². The normalized spacial score (nSPS) is 33.3. The second-order valence-electron chi connectivity index (χ2n) is 15.8. The summed E-state index contributed by atoms with van der Waals surface area (Å²) in [6.45, 7) is 13.1. The average molecular weight is 728 g/mol. The first-order chi connectivity index (χ1) is 24.0. The molecule has 0 bridgehead atoms. The highest BCUT2D eigenvalue weighted by Gasteiger charge is 2.44. The molecule has 1 saturated carbocycles. The molecule has 282 valence electrons. The topological polar surface area (TPSA) is 163 Å². The Balaban J connectivity index is 1.47. The van der Waals surface area contributed by atoms with Gasteiger partial charge in [-0.25, -0.2) is 4.98 Å². The first-order valence-electron chi connectivity index (χ1n) is 18.5. The fraction of sp³-hybridized carbons (Fsp3) is 0.692.